The number of amides is 1. The number of nitrogens with one attached hydrogen (secondary N) is 1. The summed E-state index contributed by atoms with van der Waals surface area (Å²) in [5, 5.41) is 15.9. The lowest BCUT2D eigenvalue weighted by molar-refractivity contribution is -0.114. The van der Waals surface area contributed by atoms with Crippen LogP contribution in [0.1, 0.15) is 24.9 Å². The molecular weight excluding hydrogens is 278 g/mol. The third-order valence-corrected chi connectivity index (χ3v) is 3.81. The van der Waals surface area contributed by atoms with Crippen LogP contribution in [-0.2, 0) is 4.79 Å². The molecule has 2 aromatic rings. The van der Waals surface area contributed by atoms with E-state index in [9.17, 15) is 4.79 Å². The predicted molar refractivity (Wildman–Crippen MR) is 83.6 cm³/mol. The summed E-state index contributed by atoms with van der Waals surface area (Å²) in [4.78, 5) is 13.3. The van der Waals surface area contributed by atoms with Crippen LogP contribution in [0, 0.1) is 11.3 Å². The molecule has 1 aromatic heterocycles. The Balaban J connectivity index is 1.67. The van der Waals surface area contributed by atoms with E-state index in [2.05, 4.69) is 21.4 Å². The van der Waals surface area contributed by atoms with Gasteiger partial charge < -0.3 is 10.2 Å². The first-order valence-corrected chi connectivity index (χ1v) is 7.23. The van der Waals surface area contributed by atoms with Crippen molar-refractivity contribution in [3.05, 3.63) is 42.1 Å². The Morgan fingerprint density at radius 1 is 1.36 bits per heavy atom. The number of carbonyl (C=O) groups is 1. The zero-order valence-electron chi connectivity index (χ0n) is 12.4. The number of benzene rings is 1. The minimum absolute atomic E-state index is 0.115. The van der Waals surface area contributed by atoms with Gasteiger partial charge in [0.25, 0.3) is 0 Å². The van der Waals surface area contributed by atoms with Crippen LogP contribution in [0.3, 0.4) is 0 Å². The molecule has 1 amide bonds. The third-order valence-electron chi connectivity index (χ3n) is 3.81. The summed E-state index contributed by atoms with van der Waals surface area (Å²) in [6.07, 6.45) is 2.90. The van der Waals surface area contributed by atoms with Gasteiger partial charge in [0, 0.05) is 38.0 Å². The van der Waals surface area contributed by atoms with Crippen LogP contribution < -0.4 is 10.2 Å². The molecule has 1 atom stereocenters. The molecule has 6 heteroatoms. The zero-order chi connectivity index (χ0) is 15.5. The SMILES string of the molecule is CC(=O)Nc1ccn([C@@H]2CCN(c3ccc(C#N)cc3)C2)n1. The molecule has 22 heavy (non-hydrogen) atoms. The quantitative estimate of drug-likeness (QED) is 0.941. The highest BCUT2D eigenvalue weighted by Crippen LogP contribution is 2.27. The molecule has 1 aliphatic heterocycles. The van der Waals surface area contributed by atoms with Crippen molar-refractivity contribution < 1.29 is 4.79 Å². The monoisotopic (exact) mass is 295 g/mol. The maximum absolute atomic E-state index is 11.0. The number of rotatable bonds is 3. The van der Waals surface area contributed by atoms with Gasteiger partial charge in [-0.2, -0.15) is 10.4 Å². The molecule has 112 valence electrons. The highest BCUT2D eigenvalue weighted by molar-refractivity contribution is 5.87. The lowest BCUT2D eigenvalue weighted by atomic mass is 10.2. The fourth-order valence-electron chi connectivity index (χ4n) is 2.73. The molecule has 1 saturated heterocycles. The second-order valence-corrected chi connectivity index (χ2v) is 5.41. The van der Waals surface area contributed by atoms with Gasteiger partial charge in [0.1, 0.15) is 0 Å². The number of hydrogen-bond acceptors (Lipinski definition) is 4. The molecule has 1 fully saturated rings. The Bertz CT molecular complexity index is 713. The minimum Gasteiger partial charge on any atom is -0.369 e. The van der Waals surface area contributed by atoms with Crippen LogP contribution in [-0.4, -0.2) is 28.8 Å². The van der Waals surface area contributed by atoms with E-state index in [4.69, 9.17) is 5.26 Å². The molecule has 0 radical (unpaired) electrons. The molecule has 0 unspecified atom stereocenters. The van der Waals surface area contributed by atoms with Crippen molar-refractivity contribution in [1.29, 1.82) is 5.26 Å². The van der Waals surface area contributed by atoms with E-state index in [1.54, 1.807) is 0 Å². The minimum atomic E-state index is -0.115. The van der Waals surface area contributed by atoms with Gasteiger partial charge >= 0.3 is 0 Å². The Morgan fingerprint density at radius 3 is 2.82 bits per heavy atom. The fraction of sp³-hybridized carbons (Fsp3) is 0.312. The van der Waals surface area contributed by atoms with Crippen LogP contribution in [0.5, 0.6) is 0 Å². The summed E-state index contributed by atoms with van der Waals surface area (Å²) in [7, 11) is 0. The van der Waals surface area contributed by atoms with E-state index in [0.29, 0.717) is 11.4 Å². The molecule has 1 N–H and O–H groups in total. The molecule has 0 bridgehead atoms. The molecule has 0 aliphatic carbocycles. The third kappa shape index (κ3) is 2.93. The van der Waals surface area contributed by atoms with Crippen molar-refractivity contribution in [3.63, 3.8) is 0 Å². The summed E-state index contributed by atoms with van der Waals surface area (Å²) in [5.74, 6) is 0.472. The lowest BCUT2D eigenvalue weighted by Crippen LogP contribution is -2.21. The number of nitriles is 1. The molecule has 3 rings (SSSR count). The van der Waals surface area contributed by atoms with Crippen LogP contribution in [0.2, 0.25) is 0 Å². The summed E-state index contributed by atoms with van der Waals surface area (Å²) in [5.41, 5.74) is 1.79. The maximum Gasteiger partial charge on any atom is 0.222 e. The Morgan fingerprint density at radius 2 is 2.14 bits per heavy atom. The van der Waals surface area contributed by atoms with Gasteiger partial charge in [-0.05, 0) is 30.7 Å². The van der Waals surface area contributed by atoms with Crippen LogP contribution >= 0.6 is 0 Å². The van der Waals surface area contributed by atoms with Crippen LogP contribution in [0.4, 0.5) is 11.5 Å². The molecule has 1 aliphatic rings. The van der Waals surface area contributed by atoms with Crippen molar-refractivity contribution in [2.45, 2.75) is 19.4 Å². The average molecular weight is 295 g/mol. The number of anilines is 2. The normalized spacial score (nSPS) is 17.3. The average Bonchev–Trinajstić information content (AvgIpc) is 3.15. The topological polar surface area (TPSA) is 74.0 Å². The lowest BCUT2D eigenvalue weighted by Gasteiger charge is -2.18. The zero-order valence-corrected chi connectivity index (χ0v) is 12.4. The smallest absolute Gasteiger partial charge is 0.222 e. The summed E-state index contributed by atoms with van der Waals surface area (Å²) < 4.78 is 1.91. The Labute approximate surface area is 129 Å². The van der Waals surface area contributed by atoms with Gasteiger partial charge in [0.2, 0.25) is 5.91 Å². The second kappa shape index (κ2) is 5.90. The first-order valence-electron chi connectivity index (χ1n) is 7.23. The maximum atomic E-state index is 11.0. The Kier molecular flexibility index (Phi) is 3.79. The van der Waals surface area contributed by atoms with Crippen molar-refractivity contribution >= 4 is 17.4 Å². The van der Waals surface area contributed by atoms with Gasteiger partial charge in [0.15, 0.2) is 5.82 Å². The van der Waals surface area contributed by atoms with Crippen LogP contribution in [0.25, 0.3) is 0 Å². The standard InChI is InChI=1S/C16H17N5O/c1-12(22)18-16-7-9-21(19-16)15-6-8-20(11-15)14-4-2-13(10-17)3-5-14/h2-5,7,9,15H,6,8,11H2,1H3,(H,18,19,22)/t15-/m1/s1. The van der Waals surface area contributed by atoms with Gasteiger partial charge in [-0.1, -0.05) is 0 Å². The highest BCUT2D eigenvalue weighted by atomic mass is 16.1. The van der Waals surface area contributed by atoms with E-state index in [1.807, 2.05) is 41.2 Å². The number of aromatic nitrogens is 2. The van der Waals surface area contributed by atoms with Crippen molar-refractivity contribution in [1.82, 2.24) is 9.78 Å². The van der Waals surface area contributed by atoms with E-state index in [0.717, 1.165) is 25.2 Å². The van der Waals surface area contributed by atoms with Crippen LogP contribution in [0.15, 0.2) is 36.5 Å². The van der Waals surface area contributed by atoms with E-state index < -0.39 is 0 Å². The molecular formula is C16H17N5O. The van der Waals surface area contributed by atoms with Gasteiger partial charge in [-0.25, -0.2) is 0 Å². The first-order chi connectivity index (χ1) is 10.7. The first kappa shape index (κ1) is 14.1. The van der Waals surface area contributed by atoms with Gasteiger partial charge in [-0.3, -0.25) is 9.48 Å². The van der Waals surface area contributed by atoms with Crippen molar-refractivity contribution in [2.75, 3.05) is 23.3 Å². The van der Waals surface area contributed by atoms with E-state index >= 15 is 0 Å². The van der Waals surface area contributed by atoms with Crippen molar-refractivity contribution in [3.8, 4) is 6.07 Å². The van der Waals surface area contributed by atoms with E-state index in [-0.39, 0.29) is 11.9 Å². The Hall–Kier alpha value is -2.81. The molecule has 2 heterocycles. The summed E-state index contributed by atoms with van der Waals surface area (Å²) in [6.45, 7) is 3.29. The molecule has 6 nitrogen and oxygen atoms in total. The van der Waals surface area contributed by atoms with Gasteiger partial charge in [0.05, 0.1) is 17.7 Å². The summed E-state index contributed by atoms with van der Waals surface area (Å²) in [6, 6.07) is 11.9. The number of carbonyl (C=O) groups excluding carboxylic acids is 1. The second-order valence-electron chi connectivity index (χ2n) is 5.41. The van der Waals surface area contributed by atoms with E-state index in [1.165, 1.54) is 6.92 Å². The molecule has 0 saturated carbocycles. The molecule has 0 spiro atoms. The largest absolute Gasteiger partial charge is 0.369 e. The number of nitrogens with zero attached hydrogens (tertiary/aromatic N) is 4. The predicted octanol–water partition coefficient (Wildman–Crippen LogP) is 2.16. The summed E-state index contributed by atoms with van der Waals surface area (Å²) >= 11 is 0. The van der Waals surface area contributed by atoms with Gasteiger partial charge in [-0.15, -0.1) is 0 Å². The fourth-order valence-corrected chi connectivity index (χ4v) is 2.73. The highest BCUT2D eigenvalue weighted by Gasteiger charge is 2.24. The number of hydrogen-bond donors (Lipinski definition) is 1. The molecule has 1 aromatic carbocycles. The van der Waals surface area contributed by atoms with Crippen molar-refractivity contribution in [2.24, 2.45) is 0 Å².